The van der Waals surface area contributed by atoms with Gasteiger partial charge in [-0.3, -0.25) is 0 Å². The summed E-state index contributed by atoms with van der Waals surface area (Å²) < 4.78 is 0. The summed E-state index contributed by atoms with van der Waals surface area (Å²) in [5.74, 6) is 6.67. The number of nitrogens with zero attached hydrogens (tertiary/aromatic N) is 1. The molecule has 0 radical (unpaired) electrons. The second kappa shape index (κ2) is 5.26. The predicted molar refractivity (Wildman–Crippen MR) is 54.3 cm³/mol. The third-order valence-electron chi connectivity index (χ3n) is 2.58. The van der Waals surface area contributed by atoms with Crippen LogP contribution in [0, 0.1) is 17.8 Å². The van der Waals surface area contributed by atoms with E-state index in [9.17, 15) is 0 Å². The lowest BCUT2D eigenvalue weighted by molar-refractivity contribution is 0.0287. The summed E-state index contributed by atoms with van der Waals surface area (Å²) in [4.78, 5) is 2.31. The van der Waals surface area contributed by atoms with E-state index >= 15 is 0 Å². The van der Waals surface area contributed by atoms with Gasteiger partial charge in [0.25, 0.3) is 0 Å². The maximum absolute atomic E-state index is 9.10. The van der Waals surface area contributed by atoms with Crippen LogP contribution in [0.5, 0.6) is 0 Å². The Kier molecular flexibility index (Phi) is 4.27. The fraction of sp³-hybridized carbons (Fsp3) is 0.818. The van der Waals surface area contributed by atoms with Crippen LogP contribution in [-0.2, 0) is 0 Å². The minimum absolute atomic E-state index is 0.0196. The number of aliphatic hydroxyl groups excluding tert-OH is 1. The second-order valence-electron chi connectivity index (χ2n) is 3.93. The van der Waals surface area contributed by atoms with Crippen molar-refractivity contribution in [3.05, 3.63) is 0 Å². The van der Waals surface area contributed by atoms with E-state index in [2.05, 4.69) is 23.8 Å². The summed E-state index contributed by atoms with van der Waals surface area (Å²) in [5.41, 5.74) is 0. The van der Waals surface area contributed by atoms with Crippen molar-refractivity contribution in [2.75, 3.05) is 20.1 Å². The lowest BCUT2D eigenvalue weighted by Gasteiger charge is -2.34. The predicted octanol–water partition coefficient (Wildman–Crippen LogP) is 1.10. The molecule has 0 unspecified atom stereocenters. The van der Waals surface area contributed by atoms with Crippen molar-refractivity contribution < 1.29 is 5.11 Å². The molecule has 74 valence electrons. The third kappa shape index (κ3) is 3.80. The Morgan fingerprint density at radius 2 is 2.15 bits per heavy atom. The summed E-state index contributed by atoms with van der Waals surface area (Å²) in [6, 6.07) is 0. The van der Waals surface area contributed by atoms with Gasteiger partial charge < -0.3 is 10.0 Å². The van der Waals surface area contributed by atoms with Crippen LogP contribution in [0.25, 0.3) is 0 Å². The monoisotopic (exact) mass is 181 g/mol. The van der Waals surface area contributed by atoms with Crippen LogP contribution in [0.15, 0.2) is 0 Å². The lowest BCUT2D eigenvalue weighted by atomic mass is 9.82. The van der Waals surface area contributed by atoms with Gasteiger partial charge in [0.1, 0.15) is 0 Å². The highest BCUT2D eigenvalue weighted by molar-refractivity contribution is 4.95. The Morgan fingerprint density at radius 1 is 1.46 bits per heavy atom. The molecule has 1 aliphatic carbocycles. The fourth-order valence-corrected chi connectivity index (χ4v) is 1.75. The number of hydrogen-bond acceptors (Lipinski definition) is 2. The Hall–Kier alpha value is -0.520. The van der Waals surface area contributed by atoms with Crippen molar-refractivity contribution in [3.8, 4) is 11.8 Å². The van der Waals surface area contributed by atoms with Gasteiger partial charge in [-0.15, -0.1) is 11.8 Å². The van der Waals surface area contributed by atoms with Crippen LogP contribution < -0.4 is 0 Å². The van der Waals surface area contributed by atoms with Crippen molar-refractivity contribution in [3.63, 3.8) is 0 Å². The summed E-state index contributed by atoms with van der Waals surface area (Å²) in [6.45, 7) is 4.04. The van der Waals surface area contributed by atoms with Crippen molar-refractivity contribution >= 4 is 0 Å². The van der Waals surface area contributed by atoms with Crippen LogP contribution in [-0.4, -0.2) is 36.2 Å². The van der Waals surface area contributed by atoms with Crippen LogP contribution in [0.1, 0.15) is 26.2 Å². The molecule has 0 aromatic rings. The Balaban J connectivity index is 2.03. The number of rotatable bonds is 4. The smallest absolute Gasteiger partial charge is 0.0546 e. The van der Waals surface area contributed by atoms with Gasteiger partial charge in [-0.25, -0.2) is 0 Å². The maximum atomic E-state index is 9.10. The van der Waals surface area contributed by atoms with E-state index in [0.29, 0.717) is 0 Å². The highest BCUT2D eigenvalue weighted by Gasteiger charge is 2.27. The van der Waals surface area contributed by atoms with Crippen molar-refractivity contribution in [2.24, 2.45) is 5.92 Å². The molecule has 2 nitrogen and oxygen atoms in total. The molecule has 0 spiro atoms. The van der Waals surface area contributed by atoms with Crippen LogP contribution in [0.4, 0.5) is 0 Å². The molecule has 0 amide bonds. The quantitative estimate of drug-likeness (QED) is 0.657. The minimum atomic E-state index is -0.0196. The van der Waals surface area contributed by atoms with Gasteiger partial charge in [-0.1, -0.05) is 0 Å². The minimum Gasteiger partial charge on any atom is -0.393 e. The Morgan fingerprint density at radius 3 is 2.69 bits per heavy atom. The summed E-state index contributed by atoms with van der Waals surface area (Å²) in [6.07, 6.45) is 2.92. The first-order valence-electron chi connectivity index (χ1n) is 4.98. The Bertz CT molecular complexity index is 198. The molecule has 0 aromatic carbocycles. The van der Waals surface area contributed by atoms with Crippen LogP contribution >= 0.6 is 0 Å². The third-order valence-corrected chi connectivity index (χ3v) is 2.58. The van der Waals surface area contributed by atoms with E-state index < -0.39 is 0 Å². The molecule has 1 saturated carbocycles. The second-order valence-corrected chi connectivity index (χ2v) is 3.93. The van der Waals surface area contributed by atoms with Crippen molar-refractivity contribution in [2.45, 2.75) is 32.3 Å². The van der Waals surface area contributed by atoms with E-state index in [0.717, 1.165) is 38.3 Å². The molecule has 13 heavy (non-hydrogen) atoms. The first-order chi connectivity index (χ1) is 6.22. The standard InChI is InChI=1S/C11H19NO/c1-3-4-5-6-12(2)9-10-7-11(13)8-10/h10-11,13H,5-9H2,1-2H3. The van der Waals surface area contributed by atoms with Gasteiger partial charge in [-0.2, -0.15) is 0 Å². The first kappa shape index (κ1) is 10.6. The molecule has 1 fully saturated rings. The molecular formula is C11H19NO. The topological polar surface area (TPSA) is 23.5 Å². The summed E-state index contributed by atoms with van der Waals surface area (Å²) >= 11 is 0. The molecule has 2 heteroatoms. The largest absolute Gasteiger partial charge is 0.393 e. The number of aliphatic hydroxyl groups is 1. The van der Waals surface area contributed by atoms with Crippen LogP contribution in [0.2, 0.25) is 0 Å². The average molecular weight is 181 g/mol. The van der Waals surface area contributed by atoms with Gasteiger partial charge in [0, 0.05) is 19.5 Å². The molecule has 1 aliphatic rings. The lowest BCUT2D eigenvalue weighted by Crippen LogP contribution is -2.37. The highest BCUT2D eigenvalue weighted by Crippen LogP contribution is 2.27. The van der Waals surface area contributed by atoms with E-state index in [1.165, 1.54) is 0 Å². The zero-order chi connectivity index (χ0) is 9.68. The molecular weight excluding hydrogens is 162 g/mol. The van der Waals surface area contributed by atoms with Crippen LogP contribution in [0.3, 0.4) is 0 Å². The molecule has 0 atom stereocenters. The molecule has 0 aromatic heterocycles. The molecule has 0 aliphatic heterocycles. The summed E-state index contributed by atoms with van der Waals surface area (Å²) in [7, 11) is 2.13. The zero-order valence-electron chi connectivity index (χ0n) is 8.58. The molecule has 1 N–H and O–H groups in total. The molecule has 0 bridgehead atoms. The molecule has 0 heterocycles. The number of hydrogen-bond donors (Lipinski definition) is 1. The SMILES string of the molecule is CC#CCCN(C)CC1CC(O)C1. The van der Waals surface area contributed by atoms with Gasteiger partial charge in [0.2, 0.25) is 0 Å². The highest BCUT2D eigenvalue weighted by atomic mass is 16.3. The van der Waals surface area contributed by atoms with Gasteiger partial charge in [0.15, 0.2) is 0 Å². The van der Waals surface area contributed by atoms with Gasteiger partial charge in [-0.05, 0) is 32.7 Å². The van der Waals surface area contributed by atoms with E-state index in [1.54, 1.807) is 0 Å². The maximum Gasteiger partial charge on any atom is 0.0546 e. The van der Waals surface area contributed by atoms with Crippen molar-refractivity contribution in [1.29, 1.82) is 0 Å². The fourth-order valence-electron chi connectivity index (χ4n) is 1.75. The zero-order valence-corrected chi connectivity index (χ0v) is 8.58. The van der Waals surface area contributed by atoms with E-state index in [1.807, 2.05) is 6.92 Å². The van der Waals surface area contributed by atoms with Gasteiger partial charge in [0.05, 0.1) is 6.10 Å². The van der Waals surface area contributed by atoms with Gasteiger partial charge >= 0.3 is 0 Å². The summed E-state index contributed by atoms with van der Waals surface area (Å²) in [5, 5.41) is 9.10. The van der Waals surface area contributed by atoms with E-state index in [-0.39, 0.29) is 6.10 Å². The Labute approximate surface area is 80.9 Å². The molecule has 1 rings (SSSR count). The molecule has 0 saturated heterocycles. The van der Waals surface area contributed by atoms with Crippen molar-refractivity contribution in [1.82, 2.24) is 4.90 Å². The first-order valence-corrected chi connectivity index (χ1v) is 4.98. The normalized spacial score (nSPS) is 26.5. The average Bonchev–Trinajstić information content (AvgIpc) is 2.02. The van der Waals surface area contributed by atoms with E-state index in [4.69, 9.17) is 5.11 Å².